The maximum atomic E-state index is 5.38. The number of aryl methyl sites for hydroxylation is 1. The van der Waals surface area contributed by atoms with Crippen molar-refractivity contribution in [2.45, 2.75) is 19.8 Å². The number of hydrogen-bond donors (Lipinski definition) is 2. The molecule has 0 saturated carbocycles. The van der Waals surface area contributed by atoms with Crippen LogP contribution in [0.25, 0.3) is 0 Å². The molecule has 0 fully saturated rings. The molecule has 13 heavy (non-hydrogen) atoms. The lowest BCUT2D eigenvalue weighted by Crippen LogP contribution is -2.09. The van der Waals surface area contributed by atoms with E-state index in [0.717, 1.165) is 30.9 Å². The molecule has 1 aromatic rings. The van der Waals surface area contributed by atoms with Gasteiger partial charge in [0, 0.05) is 18.3 Å². The predicted molar refractivity (Wildman–Crippen MR) is 53.6 cm³/mol. The van der Waals surface area contributed by atoms with Crippen LogP contribution >= 0.6 is 0 Å². The summed E-state index contributed by atoms with van der Waals surface area (Å²) in [5.74, 6) is 0.889. The van der Waals surface area contributed by atoms with Gasteiger partial charge in [-0.05, 0) is 19.4 Å². The molecule has 3 N–H and O–H groups in total. The molecule has 0 atom stereocenters. The average molecular weight is 180 g/mol. The molecule has 1 rings (SSSR count). The zero-order valence-corrected chi connectivity index (χ0v) is 7.95. The van der Waals surface area contributed by atoms with E-state index in [4.69, 9.17) is 5.73 Å². The minimum atomic E-state index is 0.707. The second-order valence-electron chi connectivity index (χ2n) is 2.82. The molecule has 0 radical (unpaired) electrons. The molecule has 0 amide bonds. The third-order valence-corrected chi connectivity index (χ3v) is 1.77. The van der Waals surface area contributed by atoms with Crippen molar-refractivity contribution in [3.8, 4) is 0 Å². The Labute approximate surface area is 78.6 Å². The van der Waals surface area contributed by atoms with Crippen LogP contribution < -0.4 is 11.1 Å². The van der Waals surface area contributed by atoms with Gasteiger partial charge in [-0.3, -0.25) is 0 Å². The zero-order valence-electron chi connectivity index (χ0n) is 7.95. The van der Waals surface area contributed by atoms with E-state index in [-0.39, 0.29) is 0 Å². The Morgan fingerprint density at radius 3 is 3.00 bits per heavy atom. The van der Waals surface area contributed by atoms with Crippen LogP contribution in [0, 0.1) is 0 Å². The van der Waals surface area contributed by atoms with Gasteiger partial charge in [0.25, 0.3) is 0 Å². The number of nitrogens with zero attached hydrogens (tertiary/aromatic N) is 2. The molecular weight excluding hydrogens is 164 g/mol. The van der Waals surface area contributed by atoms with Gasteiger partial charge >= 0.3 is 0 Å². The molecule has 1 aromatic heterocycles. The number of nitrogens with two attached hydrogens (primary N) is 1. The lowest BCUT2D eigenvalue weighted by molar-refractivity contribution is 0.866. The lowest BCUT2D eigenvalue weighted by Gasteiger charge is -2.04. The van der Waals surface area contributed by atoms with Crippen LogP contribution in [0.2, 0.25) is 0 Å². The number of rotatable bonds is 5. The highest BCUT2D eigenvalue weighted by atomic mass is 15.0. The lowest BCUT2D eigenvalue weighted by atomic mass is 10.3. The Hall–Kier alpha value is -1.16. The van der Waals surface area contributed by atoms with Crippen molar-refractivity contribution in [2.24, 2.45) is 5.73 Å². The molecule has 0 aliphatic heterocycles. The number of hydrogen-bond acceptors (Lipinski definition) is 4. The largest absolute Gasteiger partial charge is 0.370 e. The highest BCUT2D eigenvalue weighted by Gasteiger charge is 1.95. The van der Waals surface area contributed by atoms with Crippen LogP contribution in [-0.2, 0) is 6.42 Å². The standard InChI is InChI=1S/C9H16N4/c1-2-8-6-9(13-7-12-8)11-5-3-4-10/h6-7H,2-5,10H2,1H3,(H,11,12,13). The van der Waals surface area contributed by atoms with E-state index < -0.39 is 0 Å². The van der Waals surface area contributed by atoms with E-state index in [1.165, 1.54) is 0 Å². The first-order valence-corrected chi connectivity index (χ1v) is 4.61. The fraction of sp³-hybridized carbons (Fsp3) is 0.556. The summed E-state index contributed by atoms with van der Waals surface area (Å²) in [4.78, 5) is 8.21. The van der Waals surface area contributed by atoms with Crippen molar-refractivity contribution in [1.82, 2.24) is 9.97 Å². The quantitative estimate of drug-likeness (QED) is 0.658. The van der Waals surface area contributed by atoms with Gasteiger partial charge in [0.05, 0.1) is 0 Å². The Morgan fingerprint density at radius 2 is 2.31 bits per heavy atom. The molecule has 0 spiro atoms. The summed E-state index contributed by atoms with van der Waals surface area (Å²) in [6.07, 6.45) is 3.49. The van der Waals surface area contributed by atoms with Gasteiger partial charge in [0.15, 0.2) is 0 Å². The summed E-state index contributed by atoms with van der Waals surface area (Å²) in [7, 11) is 0. The summed E-state index contributed by atoms with van der Waals surface area (Å²) in [6, 6.07) is 1.97. The third kappa shape index (κ3) is 3.38. The number of nitrogens with one attached hydrogen (secondary N) is 1. The topological polar surface area (TPSA) is 63.8 Å². The zero-order chi connectivity index (χ0) is 9.52. The van der Waals surface area contributed by atoms with Crippen molar-refractivity contribution < 1.29 is 0 Å². The Balaban J connectivity index is 2.46. The van der Waals surface area contributed by atoms with Crippen molar-refractivity contribution >= 4 is 5.82 Å². The minimum absolute atomic E-state index is 0.707. The van der Waals surface area contributed by atoms with E-state index in [2.05, 4.69) is 22.2 Å². The van der Waals surface area contributed by atoms with E-state index in [9.17, 15) is 0 Å². The minimum Gasteiger partial charge on any atom is -0.370 e. The summed E-state index contributed by atoms with van der Waals surface area (Å²) in [6.45, 7) is 3.65. The molecule has 0 aromatic carbocycles. The number of aromatic nitrogens is 2. The second kappa shape index (κ2) is 5.48. The summed E-state index contributed by atoms with van der Waals surface area (Å²) < 4.78 is 0. The second-order valence-corrected chi connectivity index (χ2v) is 2.82. The molecule has 0 saturated heterocycles. The molecule has 1 heterocycles. The van der Waals surface area contributed by atoms with Gasteiger partial charge in [-0.2, -0.15) is 0 Å². The van der Waals surface area contributed by atoms with E-state index in [1.807, 2.05) is 6.07 Å². The Morgan fingerprint density at radius 1 is 1.46 bits per heavy atom. The normalized spacial score (nSPS) is 10.0. The maximum Gasteiger partial charge on any atom is 0.129 e. The van der Waals surface area contributed by atoms with Crippen LogP contribution in [0.3, 0.4) is 0 Å². The highest BCUT2D eigenvalue weighted by molar-refractivity contribution is 5.34. The third-order valence-electron chi connectivity index (χ3n) is 1.77. The van der Waals surface area contributed by atoms with Crippen LogP contribution in [0.15, 0.2) is 12.4 Å². The van der Waals surface area contributed by atoms with Crippen molar-refractivity contribution in [3.63, 3.8) is 0 Å². The number of anilines is 1. The van der Waals surface area contributed by atoms with Crippen LogP contribution in [0.5, 0.6) is 0 Å². The molecule has 4 nitrogen and oxygen atoms in total. The molecule has 0 unspecified atom stereocenters. The highest BCUT2D eigenvalue weighted by Crippen LogP contribution is 2.03. The van der Waals surface area contributed by atoms with Crippen LogP contribution in [0.4, 0.5) is 5.82 Å². The average Bonchev–Trinajstić information content (AvgIpc) is 2.19. The van der Waals surface area contributed by atoms with Crippen molar-refractivity contribution in [3.05, 3.63) is 18.1 Å². The molecule has 0 aliphatic carbocycles. The SMILES string of the molecule is CCc1cc(NCCCN)ncn1. The van der Waals surface area contributed by atoms with E-state index in [1.54, 1.807) is 6.33 Å². The predicted octanol–water partition coefficient (Wildman–Crippen LogP) is 0.800. The molecule has 4 heteroatoms. The van der Waals surface area contributed by atoms with Crippen molar-refractivity contribution in [2.75, 3.05) is 18.4 Å². The molecule has 0 bridgehead atoms. The molecule has 0 aliphatic rings. The molecule has 72 valence electrons. The summed E-state index contributed by atoms with van der Waals surface area (Å²) in [5, 5.41) is 3.19. The van der Waals surface area contributed by atoms with Gasteiger partial charge in [-0.1, -0.05) is 6.92 Å². The monoisotopic (exact) mass is 180 g/mol. The smallest absolute Gasteiger partial charge is 0.129 e. The van der Waals surface area contributed by atoms with Gasteiger partial charge < -0.3 is 11.1 Å². The van der Waals surface area contributed by atoms with Gasteiger partial charge in [-0.25, -0.2) is 9.97 Å². The maximum absolute atomic E-state index is 5.38. The first-order valence-electron chi connectivity index (χ1n) is 4.61. The molecular formula is C9H16N4. The van der Waals surface area contributed by atoms with Crippen LogP contribution in [-0.4, -0.2) is 23.1 Å². The fourth-order valence-corrected chi connectivity index (χ4v) is 1.01. The van der Waals surface area contributed by atoms with Crippen molar-refractivity contribution in [1.29, 1.82) is 0 Å². The van der Waals surface area contributed by atoms with Gasteiger partial charge in [-0.15, -0.1) is 0 Å². The first kappa shape index (κ1) is 9.92. The summed E-state index contributed by atoms with van der Waals surface area (Å²) >= 11 is 0. The van der Waals surface area contributed by atoms with E-state index in [0.29, 0.717) is 6.54 Å². The fourth-order valence-electron chi connectivity index (χ4n) is 1.01. The Kier molecular flexibility index (Phi) is 4.18. The first-order chi connectivity index (χ1) is 6.36. The van der Waals surface area contributed by atoms with E-state index >= 15 is 0 Å². The Bertz CT molecular complexity index is 249. The van der Waals surface area contributed by atoms with Gasteiger partial charge in [0.1, 0.15) is 12.1 Å². The summed E-state index contributed by atoms with van der Waals surface area (Å²) in [5.41, 5.74) is 6.44. The van der Waals surface area contributed by atoms with Gasteiger partial charge in [0.2, 0.25) is 0 Å². The van der Waals surface area contributed by atoms with Crippen LogP contribution in [0.1, 0.15) is 19.0 Å².